The maximum absolute atomic E-state index is 5.46. The van der Waals surface area contributed by atoms with Gasteiger partial charge in [-0.1, -0.05) is 41.9 Å². The van der Waals surface area contributed by atoms with Gasteiger partial charge in [0.25, 0.3) is 0 Å². The van der Waals surface area contributed by atoms with Gasteiger partial charge in [-0.15, -0.1) is 0 Å². The van der Waals surface area contributed by atoms with Crippen molar-refractivity contribution in [3.8, 4) is 0 Å². The number of hydrogen-bond acceptors (Lipinski definition) is 2. The van der Waals surface area contributed by atoms with Crippen LogP contribution in [0.1, 0.15) is 44.7 Å². The Morgan fingerprint density at radius 2 is 2.11 bits per heavy atom. The predicted molar refractivity (Wildman–Crippen MR) is 83.3 cm³/mol. The minimum Gasteiger partial charge on any atom is -0.381 e. The molecule has 0 aliphatic carbocycles. The Bertz CT molecular complexity index is 401. The van der Waals surface area contributed by atoms with Crippen molar-refractivity contribution in [3.05, 3.63) is 34.3 Å². The highest BCUT2D eigenvalue weighted by Gasteiger charge is 2.27. The molecule has 1 saturated heterocycles. The summed E-state index contributed by atoms with van der Waals surface area (Å²) in [6.07, 6.45) is 3.44. The molecule has 0 spiro atoms. The van der Waals surface area contributed by atoms with Crippen LogP contribution in [0.4, 0.5) is 0 Å². The third-order valence-corrected chi connectivity index (χ3v) is 4.63. The zero-order chi connectivity index (χ0) is 13.7. The van der Waals surface area contributed by atoms with Crippen LogP contribution in [0.3, 0.4) is 0 Å². The van der Waals surface area contributed by atoms with E-state index in [1.807, 2.05) is 0 Å². The van der Waals surface area contributed by atoms with Crippen molar-refractivity contribution in [1.29, 1.82) is 0 Å². The molecule has 1 aliphatic rings. The van der Waals surface area contributed by atoms with Gasteiger partial charge in [-0.25, -0.2) is 0 Å². The van der Waals surface area contributed by atoms with Crippen LogP contribution in [0, 0.1) is 5.41 Å². The Balaban J connectivity index is 1.95. The Kier molecular flexibility index (Phi) is 5.43. The molecule has 1 aromatic carbocycles. The third kappa shape index (κ3) is 4.30. The van der Waals surface area contributed by atoms with Crippen LogP contribution < -0.4 is 5.32 Å². The molecule has 0 bridgehead atoms. The van der Waals surface area contributed by atoms with E-state index >= 15 is 0 Å². The van der Waals surface area contributed by atoms with Gasteiger partial charge in [0.05, 0.1) is 0 Å². The molecule has 19 heavy (non-hydrogen) atoms. The van der Waals surface area contributed by atoms with E-state index in [1.165, 1.54) is 5.56 Å². The molecule has 1 aliphatic heterocycles. The molecular weight excluding hydrogens is 302 g/mol. The first kappa shape index (κ1) is 15.0. The fourth-order valence-corrected chi connectivity index (χ4v) is 3.05. The number of benzene rings is 1. The largest absolute Gasteiger partial charge is 0.381 e. The molecule has 2 nitrogen and oxygen atoms in total. The Labute approximate surface area is 125 Å². The van der Waals surface area contributed by atoms with E-state index in [1.54, 1.807) is 0 Å². The normalized spacial score (nSPS) is 20.2. The van der Waals surface area contributed by atoms with Crippen LogP contribution >= 0.6 is 15.9 Å². The van der Waals surface area contributed by atoms with Crippen LogP contribution in [0.2, 0.25) is 0 Å². The highest BCUT2D eigenvalue weighted by atomic mass is 79.9. The number of ether oxygens (including phenoxy) is 1. The van der Waals surface area contributed by atoms with Crippen LogP contribution in [0.15, 0.2) is 28.7 Å². The second-order valence-electron chi connectivity index (χ2n) is 5.82. The second-order valence-corrected chi connectivity index (χ2v) is 6.74. The summed E-state index contributed by atoms with van der Waals surface area (Å²) in [6, 6.07) is 9.05. The van der Waals surface area contributed by atoms with Gasteiger partial charge in [-0.3, -0.25) is 0 Å². The summed E-state index contributed by atoms with van der Waals surface area (Å²) < 4.78 is 6.62. The topological polar surface area (TPSA) is 21.3 Å². The molecule has 1 heterocycles. The fourth-order valence-electron chi connectivity index (χ4n) is 2.63. The molecule has 0 amide bonds. The predicted octanol–water partition coefficient (Wildman–Crippen LogP) is 4.31. The molecule has 1 aromatic rings. The summed E-state index contributed by atoms with van der Waals surface area (Å²) in [4.78, 5) is 0. The van der Waals surface area contributed by atoms with Gasteiger partial charge in [-0.2, -0.15) is 0 Å². The minimum absolute atomic E-state index is 0.387. The van der Waals surface area contributed by atoms with E-state index < -0.39 is 0 Å². The standard InChI is InChI=1S/C16H24BrNO/c1-3-15(13-5-4-6-14(17)11-13)18-12-16(2)7-9-19-10-8-16/h4-6,11,15,18H,3,7-10,12H2,1-2H3. The van der Waals surface area contributed by atoms with Crippen molar-refractivity contribution >= 4 is 15.9 Å². The quantitative estimate of drug-likeness (QED) is 0.871. The zero-order valence-corrected chi connectivity index (χ0v) is 13.5. The van der Waals surface area contributed by atoms with Gasteiger partial charge >= 0.3 is 0 Å². The Morgan fingerprint density at radius 1 is 1.37 bits per heavy atom. The fraction of sp³-hybridized carbons (Fsp3) is 0.625. The number of halogens is 1. The van der Waals surface area contributed by atoms with E-state index in [2.05, 4.69) is 59.4 Å². The van der Waals surface area contributed by atoms with Crippen molar-refractivity contribution in [1.82, 2.24) is 5.32 Å². The first-order chi connectivity index (χ1) is 9.13. The summed E-state index contributed by atoms with van der Waals surface area (Å²) in [6.45, 7) is 7.50. The molecule has 2 rings (SSSR count). The lowest BCUT2D eigenvalue weighted by Gasteiger charge is -2.35. The van der Waals surface area contributed by atoms with Gasteiger partial charge in [-0.05, 0) is 42.4 Å². The molecule has 1 fully saturated rings. The molecule has 106 valence electrons. The maximum Gasteiger partial charge on any atom is 0.0471 e. The highest BCUT2D eigenvalue weighted by Crippen LogP contribution is 2.30. The van der Waals surface area contributed by atoms with E-state index in [4.69, 9.17) is 4.74 Å². The number of rotatable bonds is 5. The number of hydrogen-bond donors (Lipinski definition) is 1. The summed E-state index contributed by atoms with van der Waals surface area (Å²) in [5, 5.41) is 3.75. The molecule has 0 radical (unpaired) electrons. The zero-order valence-electron chi connectivity index (χ0n) is 11.9. The molecule has 3 heteroatoms. The first-order valence-corrected chi connectivity index (χ1v) is 7.99. The first-order valence-electron chi connectivity index (χ1n) is 7.19. The van der Waals surface area contributed by atoms with Crippen LogP contribution in [-0.2, 0) is 4.74 Å². The summed E-state index contributed by atoms with van der Waals surface area (Å²) >= 11 is 3.55. The van der Waals surface area contributed by atoms with Gasteiger partial charge < -0.3 is 10.1 Å². The third-order valence-electron chi connectivity index (χ3n) is 4.13. The molecule has 1 unspecified atom stereocenters. The average molecular weight is 326 g/mol. The van der Waals surface area contributed by atoms with E-state index in [9.17, 15) is 0 Å². The number of nitrogens with one attached hydrogen (secondary N) is 1. The Morgan fingerprint density at radius 3 is 2.74 bits per heavy atom. The van der Waals surface area contributed by atoms with Gasteiger partial charge in [0.2, 0.25) is 0 Å². The van der Waals surface area contributed by atoms with Crippen molar-refractivity contribution in [2.24, 2.45) is 5.41 Å². The van der Waals surface area contributed by atoms with Crippen LogP contribution in [0.5, 0.6) is 0 Å². The summed E-state index contributed by atoms with van der Waals surface area (Å²) in [7, 11) is 0. The van der Waals surface area contributed by atoms with E-state index in [-0.39, 0.29) is 0 Å². The lowest BCUT2D eigenvalue weighted by molar-refractivity contribution is 0.0228. The Hall–Kier alpha value is -0.380. The van der Waals surface area contributed by atoms with E-state index in [0.717, 1.165) is 43.5 Å². The SMILES string of the molecule is CCC(NCC1(C)CCOCC1)c1cccc(Br)c1. The maximum atomic E-state index is 5.46. The van der Waals surface area contributed by atoms with Crippen molar-refractivity contribution in [2.75, 3.05) is 19.8 Å². The van der Waals surface area contributed by atoms with Gasteiger partial charge in [0, 0.05) is 30.3 Å². The van der Waals surface area contributed by atoms with Crippen molar-refractivity contribution in [3.63, 3.8) is 0 Å². The minimum atomic E-state index is 0.387. The van der Waals surface area contributed by atoms with Crippen LogP contribution in [0.25, 0.3) is 0 Å². The molecule has 0 aromatic heterocycles. The lowest BCUT2D eigenvalue weighted by atomic mass is 9.82. The summed E-state index contributed by atoms with van der Waals surface area (Å²) in [5.74, 6) is 0. The van der Waals surface area contributed by atoms with E-state index in [0.29, 0.717) is 11.5 Å². The van der Waals surface area contributed by atoms with Crippen molar-refractivity contribution in [2.45, 2.75) is 39.2 Å². The smallest absolute Gasteiger partial charge is 0.0471 e. The molecule has 1 atom stereocenters. The molecule has 1 N–H and O–H groups in total. The average Bonchev–Trinajstić information content (AvgIpc) is 2.40. The monoisotopic (exact) mass is 325 g/mol. The second kappa shape index (κ2) is 6.87. The highest BCUT2D eigenvalue weighted by molar-refractivity contribution is 9.10. The van der Waals surface area contributed by atoms with Gasteiger partial charge in [0.15, 0.2) is 0 Å². The van der Waals surface area contributed by atoms with Gasteiger partial charge in [0.1, 0.15) is 0 Å². The van der Waals surface area contributed by atoms with Crippen LogP contribution in [-0.4, -0.2) is 19.8 Å². The lowest BCUT2D eigenvalue weighted by Crippen LogP contribution is -2.38. The molecule has 0 saturated carbocycles. The molecular formula is C16H24BrNO. The van der Waals surface area contributed by atoms with Crippen molar-refractivity contribution < 1.29 is 4.74 Å². The summed E-state index contributed by atoms with van der Waals surface area (Å²) in [5.41, 5.74) is 1.75.